The normalized spacial score (nSPS) is 29.6. The van der Waals surface area contributed by atoms with Crippen molar-refractivity contribution in [3.63, 3.8) is 0 Å². The van der Waals surface area contributed by atoms with E-state index in [-0.39, 0.29) is 18.4 Å². The van der Waals surface area contributed by atoms with Crippen LogP contribution in [-0.2, 0) is 6.42 Å². The molecule has 0 bridgehead atoms. The van der Waals surface area contributed by atoms with Crippen LogP contribution in [0.25, 0.3) is 0 Å². The Morgan fingerprint density at radius 1 is 1.25 bits per heavy atom. The van der Waals surface area contributed by atoms with E-state index < -0.39 is 11.7 Å². The van der Waals surface area contributed by atoms with Crippen molar-refractivity contribution in [2.45, 2.75) is 38.4 Å². The Kier molecular flexibility index (Phi) is 4.63. The molecule has 0 saturated carbocycles. The highest BCUT2D eigenvalue weighted by Crippen LogP contribution is 2.38. The fraction of sp³-hybridized carbons (Fsp3) is 0.529. The van der Waals surface area contributed by atoms with E-state index in [1.165, 1.54) is 5.56 Å². The van der Waals surface area contributed by atoms with E-state index in [0.29, 0.717) is 6.42 Å². The van der Waals surface area contributed by atoms with Crippen LogP contribution >= 0.6 is 0 Å². The van der Waals surface area contributed by atoms with E-state index in [2.05, 4.69) is 18.2 Å². The van der Waals surface area contributed by atoms with Gasteiger partial charge in [-0.1, -0.05) is 36.4 Å². The average Bonchev–Trinajstić information content (AvgIpc) is 2.43. The van der Waals surface area contributed by atoms with Crippen LogP contribution in [0.2, 0.25) is 0 Å². The standard InChI is InChI=1S/C17H24O3/c1-12-8-14(9-13-6-4-3-5-7-13)15(10-16(12)19)17(2,20)11-18/h3-8,14-16,18-20H,9-11H2,1-2H3. The van der Waals surface area contributed by atoms with Crippen molar-refractivity contribution in [1.82, 2.24) is 0 Å². The lowest BCUT2D eigenvalue weighted by Crippen LogP contribution is -2.46. The average molecular weight is 276 g/mol. The Labute approximate surface area is 120 Å². The fourth-order valence-electron chi connectivity index (χ4n) is 3.09. The highest BCUT2D eigenvalue weighted by Gasteiger charge is 2.40. The van der Waals surface area contributed by atoms with Crippen LogP contribution in [0.1, 0.15) is 25.8 Å². The van der Waals surface area contributed by atoms with Gasteiger partial charge in [0.25, 0.3) is 0 Å². The molecular weight excluding hydrogens is 252 g/mol. The topological polar surface area (TPSA) is 60.7 Å². The zero-order valence-electron chi connectivity index (χ0n) is 12.2. The molecule has 0 heterocycles. The number of aliphatic hydroxyl groups is 3. The van der Waals surface area contributed by atoms with Crippen molar-refractivity contribution in [2.24, 2.45) is 11.8 Å². The largest absolute Gasteiger partial charge is 0.393 e. The summed E-state index contributed by atoms with van der Waals surface area (Å²) in [6.07, 6.45) is 2.83. The summed E-state index contributed by atoms with van der Waals surface area (Å²) in [6.45, 7) is 3.28. The number of aliphatic hydroxyl groups excluding tert-OH is 2. The van der Waals surface area contributed by atoms with Gasteiger partial charge >= 0.3 is 0 Å². The summed E-state index contributed by atoms with van der Waals surface area (Å²) in [5.41, 5.74) is 0.991. The second-order valence-corrected chi connectivity index (χ2v) is 6.14. The van der Waals surface area contributed by atoms with Crippen LogP contribution in [0, 0.1) is 11.8 Å². The van der Waals surface area contributed by atoms with Crippen molar-refractivity contribution < 1.29 is 15.3 Å². The van der Waals surface area contributed by atoms with Crippen LogP contribution < -0.4 is 0 Å². The van der Waals surface area contributed by atoms with E-state index in [9.17, 15) is 15.3 Å². The third-order valence-electron chi connectivity index (χ3n) is 4.43. The smallest absolute Gasteiger partial charge is 0.0884 e. The minimum atomic E-state index is -1.17. The first-order valence-electron chi connectivity index (χ1n) is 7.17. The van der Waals surface area contributed by atoms with E-state index in [1.807, 2.05) is 25.1 Å². The van der Waals surface area contributed by atoms with Crippen molar-refractivity contribution in [2.75, 3.05) is 6.61 Å². The minimum Gasteiger partial charge on any atom is -0.393 e. The highest BCUT2D eigenvalue weighted by molar-refractivity contribution is 5.21. The molecule has 0 aromatic heterocycles. The number of hydrogen-bond donors (Lipinski definition) is 3. The lowest BCUT2D eigenvalue weighted by molar-refractivity contribution is -0.0755. The molecule has 0 saturated heterocycles. The lowest BCUT2D eigenvalue weighted by Gasteiger charge is -2.40. The number of allylic oxidation sites excluding steroid dienone is 1. The van der Waals surface area contributed by atoms with E-state index in [1.54, 1.807) is 6.92 Å². The summed E-state index contributed by atoms with van der Waals surface area (Å²) >= 11 is 0. The molecule has 3 N–H and O–H groups in total. The van der Waals surface area contributed by atoms with Gasteiger partial charge in [0.15, 0.2) is 0 Å². The Morgan fingerprint density at radius 2 is 1.90 bits per heavy atom. The summed E-state index contributed by atoms with van der Waals surface area (Å²) in [5, 5.41) is 29.9. The van der Waals surface area contributed by atoms with Gasteiger partial charge in [-0.3, -0.25) is 0 Å². The molecule has 3 heteroatoms. The molecule has 0 radical (unpaired) electrons. The summed E-state index contributed by atoms with van der Waals surface area (Å²) < 4.78 is 0. The van der Waals surface area contributed by atoms with Gasteiger partial charge in [0, 0.05) is 0 Å². The van der Waals surface area contributed by atoms with Crippen LogP contribution in [0.3, 0.4) is 0 Å². The molecule has 0 amide bonds. The third kappa shape index (κ3) is 3.29. The van der Waals surface area contributed by atoms with Crippen molar-refractivity contribution in [1.29, 1.82) is 0 Å². The number of benzene rings is 1. The quantitative estimate of drug-likeness (QED) is 0.736. The Hall–Kier alpha value is -1.16. The second kappa shape index (κ2) is 6.08. The molecule has 3 nitrogen and oxygen atoms in total. The molecule has 0 spiro atoms. The molecule has 1 aromatic carbocycles. The molecule has 0 fully saturated rings. The van der Waals surface area contributed by atoms with Crippen LogP contribution in [0.15, 0.2) is 42.0 Å². The summed E-state index contributed by atoms with van der Waals surface area (Å²) in [5.74, 6) is -0.0191. The molecule has 1 aliphatic carbocycles. The highest BCUT2D eigenvalue weighted by atomic mass is 16.3. The van der Waals surface area contributed by atoms with Crippen molar-refractivity contribution in [3.8, 4) is 0 Å². The number of rotatable bonds is 4. The van der Waals surface area contributed by atoms with E-state index in [4.69, 9.17) is 0 Å². The predicted octanol–water partition coefficient (Wildman–Crippen LogP) is 1.92. The van der Waals surface area contributed by atoms with Gasteiger partial charge < -0.3 is 15.3 Å². The van der Waals surface area contributed by atoms with Gasteiger partial charge in [-0.25, -0.2) is 0 Å². The maximum atomic E-state index is 10.4. The molecular formula is C17H24O3. The fourth-order valence-corrected chi connectivity index (χ4v) is 3.09. The lowest BCUT2D eigenvalue weighted by atomic mass is 9.69. The number of hydrogen-bond acceptors (Lipinski definition) is 3. The molecule has 2 rings (SSSR count). The van der Waals surface area contributed by atoms with Gasteiger partial charge in [-0.05, 0) is 49.7 Å². The van der Waals surface area contributed by atoms with Crippen molar-refractivity contribution in [3.05, 3.63) is 47.5 Å². The minimum absolute atomic E-state index is 0.128. The zero-order chi connectivity index (χ0) is 14.8. The van der Waals surface area contributed by atoms with Gasteiger partial charge in [0.2, 0.25) is 0 Å². The Balaban J connectivity index is 2.25. The van der Waals surface area contributed by atoms with Gasteiger partial charge in [-0.15, -0.1) is 0 Å². The van der Waals surface area contributed by atoms with E-state index >= 15 is 0 Å². The Bertz CT molecular complexity index is 464. The van der Waals surface area contributed by atoms with Gasteiger partial charge in [-0.2, -0.15) is 0 Å². The molecule has 1 aromatic rings. The maximum Gasteiger partial charge on any atom is 0.0884 e. The first-order valence-corrected chi connectivity index (χ1v) is 7.17. The maximum absolute atomic E-state index is 10.4. The van der Waals surface area contributed by atoms with Crippen LogP contribution in [-0.4, -0.2) is 33.6 Å². The molecule has 0 aliphatic heterocycles. The molecule has 4 atom stereocenters. The van der Waals surface area contributed by atoms with Gasteiger partial charge in [0.1, 0.15) is 0 Å². The summed E-state index contributed by atoms with van der Waals surface area (Å²) in [7, 11) is 0. The SMILES string of the molecule is CC1=CC(Cc2ccccc2)C(C(C)(O)CO)CC1O. The van der Waals surface area contributed by atoms with E-state index in [0.717, 1.165) is 12.0 Å². The second-order valence-electron chi connectivity index (χ2n) is 6.14. The molecule has 1 aliphatic rings. The van der Waals surface area contributed by atoms with Crippen molar-refractivity contribution >= 4 is 0 Å². The first-order chi connectivity index (χ1) is 9.44. The monoisotopic (exact) mass is 276 g/mol. The van der Waals surface area contributed by atoms with Crippen LogP contribution in [0.5, 0.6) is 0 Å². The van der Waals surface area contributed by atoms with Crippen LogP contribution in [0.4, 0.5) is 0 Å². The Morgan fingerprint density at radius 3 is 2.50 bits per heavy atom. The summed E-state index contributed by atoms with van der Waals surface area (Å²) in [4.78, 5) is 0. The third-order valence-corrected chi connectivity index (χ3v) is 4.43. The molecule has 110 valence electrons. The summed E-state index contributed by atoms with van der Waals surface area (Å²) in [6, 6.07) is 10.1. The molecule has 4 unspecified atom stereocenters. The zero-order valence-corrected chi connectivity index (χ0v) is 12.2. The van der Waals surface area contributed by atoms with Gasteiger partial charge in [0.05, 0.1) is 18.3 Å². The predicted molar refractivity (Wildman–Crippen MR) is 79.2 cm³/mol. The molecule has 20 heavy (non-hydrogen) atoms. The first kappa shape index (κ1) is 15.2.